The predicted octanol–water partition coefficient (Wildman–Crippen LogP) is 1.86. The molecule has 0 atom stereocenters. The average Bonchev–Trinajstić information content (AvgIpc) is 2.29. The van der Waals surface area contributed by atoms with E-state index in [1.165, 1.54) is 30.6 Å². The molecule has 0 aliphatic rings. The van der Waals surface area contributed by atoms with E-state index in [1.807, 2.05) is 6.92 Å². The van der Waals surface area contributed by atoms with E-state index < -0.39 is 15.8 Å². The molecule has 0 amide bonds. The average molecular weight is 261 g/mol. The van der Waals surface area contributed by atoms with Crippen molar-refractivity contribution in [3.05, 3.63) is 24.0 Å². The summed E-state index contributed by atoms with van der Waals surface area (Å²) < 4.78 is 43.3. The van der Waals surface area contributed by atoms with Crippen molar-refractivity contribution < 1.29 is 17.5 Å². The van der Waals surface area contributed by atoms with E-state index in [1.54, 1.807) is 0 Å². The first-order valence-electron chi connectivity index (χ1n) is 5.23. The fraction of sp³-hybridized carbons (Fsp3) is 0.455. The number of rotatable bonds is 5. The predicted molar refractivity (Wildman–Crippen MR) is 63.1 cm³/mol. The molecule has 0 saturated carbocycles. The molecule has 1 aromatic carbocycles. The van der Waals surface area contributed by atoms with Crippen molar-refractivity contribution in [1.29, 1.82) is 0 Å². The molecule has 0 radical (unpaired) electrons. The van der Waals surface area contributed by atoms with E-state index >= 15 is 0 Å². The zero-order valence-electron chi connectivity index (χ0n) is 10.1. The van der Waals surface area contributed by atoms with Crippen molar-refractivity contribution in [2.45, 2.75) is 18.2 Å². The third-order valence-corrected chi connectivity index (χ3v) is 4.22. The van der Waals surface area contributed by atoms with E-state index in [-0.39, 0.29) is 10.6 Å². The fourth-order valence-electron chi connectivity index (χ4n) is 1.42. The van der Waals surface area contributed by atoms with Crippen LogP contribution in [-0.2, 0) is 10.0 Å². The van der Waals surface area contributed by atoms with Crippen LogP contribution in [0, 0.1) is 5.82 Å². The molecule has 1 rings (SSSR count). The molecule has 0 unspecified atom stereocenters. The summed E-state index contributed by atoms with van der Waals surface area (Å²) in [5.41, 5.74) is 0. The number of hydrogen-bond acceptors (Lipinski definition) is 3. The molecule has 0 saturated heterocycles. The van der Waals surface area contributed by atoms with E-state index in [9.17, 15) is 12.8 Å². The Morgan fingerprint density at radius 1 is 1.41 bits per heavy atom. The van der Waals surface area contributed by atoms with E-state index in [2.05, 4.69) is 0 Å². The van der Waals surface area contributed by atoms with Crippen molar-refractivity contribution in [3.63, 3.8) is 0 Å². The maximum Gasteiger partial charge on any atom is 0.242 e. The van der Waals surface area contributed by atoms with Gasteiger partial charge in [-0.05, 0) is 24.6 Å². The number of halogens is 1. The highest BCUT2D eigenvalue weighted by Crippen LogP contribution is 2.22. The van der Waals surface area contributed by atoms with Crippen molar-refractivity contribution in [1.82, 2.24) is 4.31 Å². The van der Waals surface area contributed by atoms with Crippen molar-refractivity contribution in [3.8, 4) is 5.75 Å². The van der Waals surface area contributed by atoms with Crippen LogP contribution in [0.2, 0.25) is 0 Å². The summed E-state index contributed by atoms with van der Waals surface area (Å²) in [7, 11) is -0.808. The smallest absolute Gasteiger partial charge is 0.242 e. The summed E-state index contributed by atoms with van der Waals surface area (Å²) in [5, 5.41) is 0. The van der Waals surface area contributed by atoms with Gasteiger partial charge in [-0.25, -0.2) is 17.1 Å². The first-order valence-corrected chi connectivity index (χ1v) is 6.67. The Morgan fingerprint density at radius 2 is 2.06 bits per heavy atom. The van der Waals surface area contributed by atoms with Gasteiger partial charge in [-0.3, -0.25) is 0 Å². The number of ether oxygens (including phenoxy) is 1. The summed E-state index contributed by atoms with van der Waals surface area (Å²) in [6.07, 6.45) is 0.703. The van der Waals surface area contributed by atoms with Gasteiger partial charge in [-0.15, -0.1) is 0 Å². The Bertz CT molecular complexity index is 487. The monoisotopic (exact) mass is 261 g/mol. The summed E-state index contributed by atoms with van der Waals surface area (Å²) in [5.74, 6) is -0.652. The highest BCUT2D eigenvalue weighted by Gasteiger charge is 2.21. The Morgan fingerprint density at radius 3 is 2.53 bits per heavy atom. The van der Waals surface area contributed by atoms with Gasteiger partial charge in [-0.1, -0.05) is 6.92 Å². The number of benzene rings is 1. The van der Waals surface area contributed by atoms with Crippen molar-refractivity contribution in [2.75, 3.05) is 20.7 Å². The SMILES string of the molecule is CCCN(C)S(=O)(=O)c1ccc(OC)c(F)c1. The molecule has 6 heteroatoms. The second-order valence-corrected chi connectivity index (χ2v) is 5.67. The normalized spacial score (nSPS) is 11.8. The quantitative estimate of drug-likeness (QED) is 0.813. The van der Waals surface area contributed by atoms with Gasteiger partial charge in [0.1, 0.15) is 0 Å². The summed E-state index contributed by atoms with van der Waals surface area (Å²) >= 11 is 0. The molecule has 17 heavy (non-hydrogen) atoms. The van der Waals surface area contributed by atoms with Crippen LogP contribution in [0.4, 0.5) is 4.39 Å². The van der Waals surface area contributed by atoms with E-state index in [0.29, 0.717) is 13.0 Å². The van der Waals surface area contributed by atoms with Crippen LogP contribution in [-0.4, -0.2) is 33.4 Å². The molecule has 0 heterocycles. The van der Waals surface area contributed by atoms with Gasteiger partial charge in [0.25, 0.3) is 0 Å². The van der Waals surface area contributed by atoms with Gasteiger partial charge in [0.05, 0.1) is 12.0 Å². The third-order valence-electron chi connectivity index (χ3n) is 2.37. The summed E-state index contributed by atoms with van der Waals surface area (Å²) in [6.45, 7) is 2.27. The molecule has 0 aliphatic heterocycles. The molecule has 1 aromatic rings. The third kappa shape index (κ3) is 2.95. The first-order chi connectivity index (χ1) is 7.93. The number of sulfonamides is 1. The van der Waals surface area contributed by atoms with Crippen LogP contribution in [0.3, 0.4) is 0 Å². The fourth-order valence-corrected chi connectivity index (χ4v) is 2.70. The molecule has 0 aromatic heterocycles. The summed E-state index contributed by atoms with van der Waals surface area (Å²) in [4.78, 5) is -0.0632. The second-order valence-electron chi connectivity index (χ2n) is 3.62. The highest BCUT2D eigenvalue weighted by atomic mass is 32.2. The van der Waals surface area contributed by atoms with Gasteiger partial charge >= 0.3 is 0 Å². The standard InChI is InChI=1S/C11H16FNO3S/c1-4-7-13(2)17(14,15)9-5-6-11(16-3)10(12)8-9/h5-6,8H,4,7H2,1-3H3. The lowest BCUT2D eigenvalue weighted by atomic mass is 10.3. The first kappa shape index (κ1) is 13.9. The number of nitrogens with zero attached hydrogens (tertiary/aromatic N) is 1. The summed E-state index contributed by atoms with van der Waals surface area (Å²) in [6, 6.07) is 3.62. The van der Waals surface area contributed by atoms with Gasteiger partial charge in [0, 0.05) is 13.6 Å². The zero-order valence-corrected chi connectivity index (χ0v) is 10.9. The number of methoxy groups -OCH3 is 1. The largest absolute Gasteiger partial charge is 0.494 e. The van der Waals surface area contributed by atoms with Gasteiger partial charge in [0.15, 0.2) is 11.6 Å². The molecule has 0 N–H and O–H groups in total. The highest BCUT2D eigenvalue weighted by molar-refractivity contribution is 7.89. The van der Waals surface area contributed by atoms with Crippen LogP contribution < -0.4 is 4.74 Å². The molecular weight excluding hydrogens is 245 g/mol. The van der Waals surface area contributed by atoms with Gasteiger partial charge in [-0.2, -0.15) is 0 Å². The minimum Gasteiger partial charge on any atom is -0.494 e. The molecular formula is C11H16FNO3S. The lowest BCUT2D eigenvalue weighted by molar-refractivity contribution is 0.385. The Balaban J connectivity index is 3.12. The molecule has 0 bridgehead atoms. The maximum absolute atomic E-state index is 13.4. The van der Waals surface area contributed by atoms with Crippen LogP contribution in [0.5, 0.6) is 5.75 Å². The van der Waals surface area contributed by atoms with Crippen molar-refractivity contribution in [2.24, 2.45) is 0 Å². The van der Waals surface area contributed by atoms with Gasteiger partial charge < -0.3 is 4.74 Å². The zero-order chi connectivity index (χ0) is 13.1. The minimum atomic E-state index is -3.61. The van der Waals surface area contributed by atoms with E-state index in [4.69, 9.17) is 4.74 Å². The lowest BCUT2D eigenvalue weighted by Gasteiger charge is -2.16. The molecule has 4 nitrogen and oxygen atoms in total. The van der Waals surface area contributed by atoms with E-state index in [0.717, 1.165) is 6.07 Å². The Kier molecular flexibility index (Phi) is 4.47. The van der Waals surface area contributed by atoms with Crippen molar-refractivity contribution >= 4 is 10.0 Å². The Hall–Kier alpha value is -1.14. The molecule has 0 spiro atoms. The second kappa shape index (κ2) is 5.46. The van der Waals surface area contributed by atoms with Crippen LogP contribution in [0.1, 0.15) is 13.3 Å². The number of hydrogen-bond donors (Lipinski definition) is 0. The molecule has 0 aliphatic carbocycles. The Labute approximate surface area is 101 Å². The van der Waals surface area contributed by atoms with Crippen LogP contribution >= 0.6 is 0 Å². The lowest BCUT2D eigenvalue weighted by Crippen LogP contribution is -2.27. The van der Waals surface area contributed by atoms with Crippen LogP contribution in [0.15, 0.2) is 23.1 Å². The topological polar surface area (TPSA) is 46.6 Å². The molecule has 0 fully saturated rings. The molecule has 96 valence electrons. The maximum atomic E-state index is 13.4. The minimum absolute atomic E-state index is 0.0297. The van der Waals surface area contributed by atoms with Gasteiger partial charge in [0.2, 0.25) is 10.0 Å². The van der Waals surface area contributed by atoms with Crippen LogP contribution in [0.25, 0.3) is 0 Å².